The molecule has 154 valence electrons. The van der Waals surface area contributed by atoms with Crippen LogP contribution in [0.5, 0.6) is 0 Å². The summed E-state index contributed by atoms with van der Waals surface area (Å²) in [5.74, 6) is 0.0972. The van der Waals surface area contributed by atoms with Crippen LogP contribution >= 0.6 is 0 Å². The van der Waals surface area contributed by atoms with Gasteiger partial charge >= 0.3 is 0 Å². The summed E-state index contributed by atoms with van der Waals surface area (Å²) in [7, 11) is 0. The summed E-state index contributed by atoms with van der Waals surface area (Å²) in [6.07, 6.45) is -8.68. The molecule has 13 nitrogen and oxygen atoms in total. The van der Waals surface area contributed by atoms with E-state index < -0.39 is 68.2 Å². The van der Waals surface area contributed by atoms with E-state index in [0.29, 0.717) is 0 Å². The fraction of sp³-hybridized carbons (Fsp3) is 0.857. The molecule has 2 saturated heterocycles. The molecule has 3 heterocycles. The largest absolute Gasteiger partial charge is 0.394 e. The topological polar surface area (TPSA) is 205 Å². The standard InChI is InChI=1S/C14H24N4O9/c19-3-5-10(22)11(23)6(21)1-17(5)8-2-18(16-15-8)9-12(24)7(4-20)27-14(26)13(9)25/h2,5-7,9-14,19-26H,1,3-4H2/t5-,6+,7+,9-,10+,11+,12+,13+,14?/m0/s1. The molecule has 1 unspecified atom stereocenters. The second kappa shape index (κ2) is 7.90. The summed E-state index contributed by atoms with van der Waals surface area (Å²) < 4.78 is 5.98. The average molecular weight is 392 g/mol. The molecule has 0 bridgehead atoms. The number of aliphatic hydroxyl groups excluding tert-OH is 8. The van der Waals surface area contributed by atoms with Crippen LogP contribution in [0, 0.1) is 0 Å². The van der Waals surface area contributed by atoms with Crippen molar-refractivity contribution in [1.82, 2.24) is 15.0 Å². The number of piperidine rings is 1. The number of hydrogen-bond acceptors (Lipinski definition) is 12. The van der Waals surface area contributed by atoms with Crippen molar-refractivity contribution in [2.45, 2.75) is 55.0 Å². The van der Waals surface area contributed by atoms with E-state index in [2.05, 4.69) is 10.3 Å². The number of ether oxygens (including phenoxy) is 1. The molecule has 0 spiro atoms. The molecule has 1 aromatic heterocycles. The normalized spacial score (nSPS) is 43.1. The lowest BCUT2D eigenvalue weighted by Gasteiger charge is -2.43. The maximum atomic E-state index is 10.3. The Kier molecular flexibility index (Phi) is 5.95. The highest BCUT2D eigenvalue weighted by atomic mass is 16.6. The minimum atomic E-state index is -1.66. The zero-order valence-electron chi connectivity index (χ0n) is 14.2. The average Bonchev–Trinajstić information content (AvgIpc) is 3.12. The molecule has 2 aliphatic rings. The molecule has 9 atom stereocenters. The van der Waals surface area contributed by atoms with Gasteiger partial charge in [0.1, 0.15) is 42.7 Å². The van der Waals surface area contributed by atoms with Crippen molar-refractivity contribution in [3.63, 3.8) is 0 Å². The van der Waals surface area contributed by atoms with Gasteiger partial charge in [0.25, 0.3) is 0 Å². The van der Waals surface area contributed by atoms with Crippen LogP contribution in [0.4, 0.5) is 5.82 Å². The number of β-amino-alcohol motifs (C(OH)–C–C–N with tert-alkyl or cyclic N) is 1. The van der Waals surface area contributed by atoms with Gasteiger partial charge < -0.3 is 50.5 Å². The fourth-order valence-corrected chi connectivity index (χ4v) is 3.49. The highest BCUT2D eigenvalue weighted by molar-refractivity contribution is 5.39. The highest BCUT2D eigenvalue weighted by Crippen LogP contribution is 2.30. The maximum Gasteiger partial charge on any atom is 0.183 e. The lowest BCUT2D eigenvalue weighted by atomic mass is 9.94. The van der Waals surface area contributed by atoms with E-state index >= 15 is 0 Å². The molecule has 2 fully saturated rings. The Balaban J connectivity index is 1.87. The van der Waals surface area contributed by atoms with E-state index in [1.807, 2.05) is 0 Å². The number of rotatable bonds is 4. The summed E-state index contributed by atoms with van der Waals surface area (Å²) in [4.78, 5) is 1.34. The highest BCUT2D eigenvalue weighted by Gasteiger charge is 2.46. The zero-order valence-corrected chi connectivity index (χ0v) is 14.2. The summed E-state index contributed by atoms with van der Waals surface area (Å²) in [6, 6.07) is -2.15. The van der Waals surface area contributed by atoms with E-state index in [1.54, 1.807) is 0 Å². The van der Waals surface area contributed by atoms with Crippen LogP contribution in [-0.4, -0.2) is 125 Å². The van der Waals surface area contributed by atoms with Crippen molar-refractivity contribution in [3.8, 4) is 0 Å². The van der Waals surface area contributed by atoms with Gasteiger partial charge in [-0.15, -0.1) is 5.10 Å². The first-order valence-electron chi connectivity index (χ1n) is 8.44. The van der Waals surface area contributed by atoms with E-state index in [1.165, 1.54) is 11.1 Å². The van der Waals surface area contributed by atoms with Gasteiger partial charge in [0.15, 0.2) is 12.1 Å². The van der Waals surface area contributed by atoms with Gasteiger partial charge in [0, 0.05) is 6.54 Å². The molecule has 0 saturated carbocycles. The first-order valence-corrected chi connectivity index (χ1v) is 8.44. The predicted octanol–water partition coefficient (Wildman–Crippen LogP) is -5.49. The fourth-order valence-electron chi connectivity index (χ4n) is 3.49. The predicted molar refractivity (Wildman–Crippen MR) is 85.3 cm³/mol. The summed E-state index contributed by atoms with van der Waals surface area (Å²) >= 11 is 0. The summed E-state index contributed by atoms with van der Waals surface area (Å²) in [6.45, 7) is -1.29. The number of aromatic nitrogens is 3. The molecule has 0 aromatic carbocycles. The quantitative estimate of drug-likeness (QED) is 0.242. The van der Waals surface area contributed by atoms with Gasteiger partial charge in [-0.2, -0.15) is 0 Å². The number of aliphatic hydroxyl groups is 8. The Morgan fingerprint density at radius 1 is 0.963 bits per heavy atom. The summed E-state index contributed by atoms with van der Waals surface area (Å²) in [5.41, 5.74) is 0. The smallest absolute Gasteiger partial charge is 0.183 e. The van der Waals surface area contributed by atoms with Crippen molar-refractivity contribution < 1.29 is 45.6 Å². The van der Waals surface area contributed by atoms with Gasteiger partial charge in [-0.3, -0.25) is 0 Å². The zero-order chi connectivity index (χ0) is 19.9. The Morgan fingerprint density at radius 3 is 2.30 bits per heavy atom. The number of hydrogen-bond donors (Lipinski definition) is 8. The Bertz CT molecular complexity index is 633. The van der Waals surface area contributed by atoms with Crippen LogP contribution in [0.3, 0.4) is 0 Å². The van der Waals surface area contributed by atoms with Crippen LogP contribution in [0.25, 0.3) is 0 Å². The van der Waals surface area contributed by atoms with Crippen molar-refractivity contribution in [3.05, 3.63) is 6.20 Å². The SMILES string of the molecule is OC[C@H]1OC(O)[C@H](O)[C@@H](n2cc(N3C[C@@H](O)[C@@H](O)[C@H](O)[C@@H]3CO)nn2)[C@@H]1O. The third-order valence-corrected chi connectivity index (χ3v) is 5.07. The number of nitrogens with zero attached hydrogens (tertiary/aromatic N) is 4. The van der Waals surface area contributed by atoms with Gasteiger partial charge in [-0.05, 0) is 0 Å². The van der Waals surface area contributed by atoms with Crippen molar-refractivity contribution in [2.75, 3.05) is 24.7 Å². The second-order valence-electron chi connectivity index (χ2n) is 6.73. The van der Waals surface area contributed by atoms with Gasteiger partial charge in [0.05, 0.1) is 25.5 Å². The maximum absolute atomic E-state index is 10.3. The van der Waals surface area contributed by atoms with E-state index in [9.17, 15) is 40.9 Å². The van der Waals surface area contributed by atoms with Crippen LogP contribution in [0.15, 0.2) is 6.20 Å². The molecule has 3 rings (SSSR count). The summed E-state index contributed by atoms with van der Waals surface area (Å²) in [5, 5.41) is 86.4. The molecule has 0 aliphatic carbocycles. The van der Waals surface area contributed by atoms with E-state index in [-0.39, 0.29) is 12.4 Å². The second-order valence-corrected chi connectivity index (χ2v) is 6.73. The molecule has 13 heteroatoms. The van der Waals surface area contributed by atoms with Crippen LogP contribution in [0.1, 0.15) is 6.04 Å². The monoisotopic (exact) mass is 392 g/mol. The lowest BCUT2D eigenvalue weighted by Crippen LogP contribution is -2.62. The first kappa shape index (κ1) is 20.3. The Hall–Kier alpha value is -1.42. The van der Waals surface area contributed by atoms with Crippen LogP contribution < -0.4 is 4.90 Å². The van der Waals surface area contributed by atoms with Crippen molar-refractivity contribution in [2.24, 2.45) is 0 Å². The molecular weight excluding hydrogens is 368 g/mol. The van der Waals surface area contributed by atoms with Crippen LogP contribution in [0.2, 0.25) is 0 Å². The third kappa shape index (κ3) is 3.53. The van der Waals surface area contributed by atoms with Gasteiger partial charge in [0.2, 0.25) is 0 Å². The van der Waals surface area contributed by atoms with E-state index in [0.717, 1.165) is 4.68 Å². The third-order valence-electron chi connectivity index (χ3n) is 5.07. The molecule has 0 amide bonds. The number of anilines is 1. The molecule has 1 aromatic rings. The Labute approximate surface area is 153 Å². The van der Waals surface area contributed by atoms with Crippen molar-refractivity contribution >= 4 is 5.82 Å². The Morgan fingerprint density at radius 2 is 1.67 bits per heavy atom. The molecule has 2 aliphatic heterocycles. The molecule has 0 radical (unpaired) electrons. The van der Waals surface area contributed by atoms with Gasteiger partial charge in [-0.25, -0.2) is 4.68 Å². The minimum Gasteiger partial charge on any atom is -0.394 e. The van der Waals surface area contributed by atoms with Gasteiger partial charge in [-0.1, -0.05) is 5.21 Å². The van der Waals surface area contributed by atoms with Crippen molar-refractivity contribution in [1.29, 1.82) is 0 Å². The first-order chi connectivity index (χ1) is 12.8. The molecule has 27 heavy (non-hydrogen) atoms. The molecular formula is C14H24N4O9. The van der Waals surface area contributed by atoms with E-state index in [4.69, 9.17) is 4.74 Å². The minimum absolute atomic E-state index is 0.0972. The molecule has 8 N–H and O–H groups in total. The lowest BCUT2D eigenvalue weighted by molar-refractivity contribution is -0.270. The van der Waals surface area contributed by atoms with Crippen LogP contribution in [-0.2, 0) is 4.74 Å².